The highest BCUT2D eigenvalue weighted by Gasteiger charge is 2.76. The highest BCUT2D eigenvalue weighted by molar-refractivity contribution is 7.65. The molecule has 0 unspecified atom stereocenters. The van der Waals surface area contributed by atoms with Gasteiger partial charge in [-0.3, -0.25) is 0 Å². The van der Waals surface area contributed by atoms with Gasteiger partial charge < -0.3 is 9.67 Å². The molecule has 0 radical (unpaired) electrons. The van der Waals surface area contributed by atoms with Gasteiger partial charge in [-0.2, -0.15) is 0 Å². The normalized spacial score (nSPS) is 44.7. The fourth-order valence-electron chi connectivity index (χ4n) is 7.36. The lowest BCUT2D eigenvalue weighted by atomic mass is 9.69. The standard InChI is InChI=1S/C26H33O2P/c1-24(2)20-15-22-25(3,16-21(20)24)29(28,17-18-11-7-5-8-12-18)23(26(22,4)27)19-13-9-6-10-14-19/h5-14,20-23,27H,15-17H2,1-4H3/t20-,21-,22+,23-,25+,26+,29-/m0/s1. The molecule has 3 fully saturated rings. The van der Waals surface area contributed by atoms with Crippen LogP contribution in [0.15, 0.2) is 60.7 Å². The molecule has 5 rings (SSSR count). The Morgan fingerprint density at radius 2 is 1.52 bits per heavy atom. The molecule has 0 amide bonds. The van der Waals surface area contributed by atoms with Gasteiger partial charge in [-0.15, -0.1) is 0 Å². The van der Waals surface area contributed by atoms with Crippen LogP contribution in [0.25, 0.3) is 0 Å². The van der Waals surface area contributed by atoms with Gasteiger partial charge in [0.1, 0.15) is 7.14 Å². The fourth-order valence-corrected chi connectivity index (χ4v) is 12.3. The van der Waals surface area contributed by atoms with E-state index in [0.717, 1.165) is 24.0 Å². The molecule has 3 heteroatoms. The minimum Gasteiger partial charge on any atom is -0.389 e. The van der Waals surface area contributed by atoms with Crippen LogP contribution in [0.3, 0.4) is 0 Å². The lowest BCUT2D eigenvalue weighted by Gasteiger charge is -2.42. The molecule has 1 saturated heterocycles. The minimum absolute atomic E-state index is 0.0813. The van der Waals surface area contributed by atoms with Crippen molar-refractivity contribution in [3.05, 3.63) is 71.8 Å². The maximum Gasteiger partial charge on any atom is 0.108 e. The van der Waals surface area contributed by atoms with Crippen molar-refractivity contribution in [1.29, 1.82) is 0 Å². The van der Waals surface area contributed by atoms with Crippen LogP contribution in [0, 0.1) is 23.2 Å². The molecule has 2 aromatic rings. The van der Waals surface area contributed by atoms with Crippen LogP contribution in [0.5, 0.6) is 0 Å². The quantitative estimate of drug-likeness (QED) is 0.589. The van der Waals surface area contributed by atoms with E-state index in [4.69, 9.17) is 0 Å². The third kappa shape index (κ3) is 2.55. The number of fused-ring (bicyclic) bond motifs is 2. The first-order valence-corrected chi connectivity index (χ1v) is 13.0. The van der Waals surface area contributed by atoms with E-state index in [0.29, 0.717) is 23.4 Å². The zero-order valence-corrected chi connectivity index (χ0v) is 18.9. The van der Waals surface area contributed by atoms with Gasteiger partial charge in [0, 0.05) is 17.2 Å². The largest absolute Gasteiger partial charge is 0.389 e. The Morgan fingerprint density at radius 1 is 0.931 bits per heavy atom. The Bertz CT molecular complexity index is 965. The summed E-state index contributed by atoms with van der Waals surface area (Å²) in [5.74, 6) is 1.38. The van der Waals surface area contributed by atoms with Crippen molar-refractivity contribution in [1.82, 2.24) is 0 Å². The van der Waals surface area contributed by atoms with Gasteiger partial charge in [0.25, 0.3) is 0 Å². The SMILES string of the molecule is CC1(C)[C@H]2C[C@H]3[C@@](C)(O)[C@H](c4ccccc4)[P@@](=O)(Cc4ccccc4)[C@]3(C)C[C@@H]21. The van der Waals surface area contributed by atoms with Crippen molar-refractivity contribution < 1.29 is 9.67 Å². The molecule has 2 nitrogen and oxygen atoms in total. The van der Waals surface area contributed by atoms with Crippen LogP contribution in [0.1, 0.15) is 57.3 Å². The average Bonchev–Trinajstić information content (AvgIpc) is 3.16. The van der Waals surface area contributed by atoms with Crippen LogP contribution < -0.4 is 0 Å². The van der Waals surface area contributed by atoms with Gasteiger partial charge in [-0.25, -0.2) is 0 Å². The van der Waals surface area contributed by atoms with E-state index in [9.17, 15) is 5.11 Å². The molecule has 0 spiro atoms. The number of rotatable bonds is 3. The van der Waals surface area contributed by atoms with E-state index < -0.39 is 12.7 Å². The lowest BCUT2D eigenvalue weighted by molar-refractivity contribution is -0.0195. The molecule has 0 bridgehead atoms. The maximum atomic E-state index is 15.2. The summed E-state index contributed by atoms with van der Waals surface area (Å²) < 4.78 is 15.2. The predicted molar refractivity (Wildman–Crippen MR) is 119 cm³/mol. The second-order valence-electron chi connectivity index (χ2n) is 10.9. The average molecular weight is 409 g/mol. The molecule has 1 N–H and O–H groups in total. The summed E-state index contributed by atoms with van der Waals surface area (Å²) in [7, 11) is -2.81. The van der Waals surface area contributed by atoms with Gasteiger partial charge in [-0.05, 0) is 48.1 Å². The maximum absolute atomic E-state index is 15.2. The van der Waals surface area contributed by atoms with Crippen LogP contribution in [0.2, 0.25) is 0 Å². The molecule has 2 aliphatic carbocycles. The summed E-state index contributed by atoms with van der Waals surface area (Å²) in [6.45, 7) is 8.95. The Hall–Kier alpha value is -1.37. The highest BCUT2D eigenvalue weighted by Crippen LogP contribution is 2.87. The summed E-state index contributed by atoms with van der Waals surface area (Å²) in [5, 5.41) is 11.7. The Morgan fingerprint density at radius 3 is 2.14 bits per heavy atom. The summed E-state index contributed by atoms with van der Waals surface area (Å²) in [6.07, 6.45) is 2.57. The van der Waals surface area contributed by atoms with E-state index in [1.807, 2.05) is 43.3 Å². The summed E-state index contributed by atoms with van der Waals surface area (Å²) in [5.41, 5.74) is 1.24. The van der Waals surface area contributed by atoms with Crippen molar-refractivity contribution in [2.24, 2.45) is 23.2 Å². The van der Waals surface area contributed by atoms with Crippen LogP contribution in [0.4, 0.5) is 0 Å². The zero-order chi connectivity index (χ0) is 20.7. The first kappa shape index (κ1) is 19.6. The van der Waals surface area contributed by atoms with E-state index in [-0.39, 0.29) is 16.7 Å². The molecule has 2 saturated carbocycles. The molecular weight excluding hydrogens is 375 g/mol. The van der Waals surface area contributed by atoms with Crippen LogP contribution in [-0.4, -0.2) is 15.9 Å². The van der Waals surface area contributed by atoms with Gasteiger partial charge in [0.2, 0.25) is 0 Å². The molecule has 2 aromatic carbocycles. The van der Waals surface area contributed by atoms with Crippen molar-refractivity contribution in [2.45, 2.75) is 63.1 Å². The van der Waals surface area contributed by atoms with Gasteiger partial charge >= 0.3 is 0 Å². The lowest BCUT2D eigenvalue weighted by Crippen LogP contribution is -2.44. The Kier molecular flexibility index (Phi) is 4.11. The molecule has 154 valence electrons. The second kappa shape index (κ2) is 6.08. The van der Waals surface area contributed by atoms with Gasteiger partial charge in [-0.1, -0.05) is 81.4 Å². The number of hydrogen-bond acceptors (Lipinski definition) is 2. The Labute approximate surface area is 175 Å². The van der Waals surface area contributed by atoms with Crippen molar-refractivity contribution in [3.63, 3.8) is 0 Å². The monoisotopic (exact) mass is 408 g/mol. The third-order valence-electron chi connectivity index (χ3n) is 9.08. The van der Waals surface area contributed by atoms with Crippen molar-refractivity contribution in [3.8, 4) is 0 Å². The predicted octanol–water partition coefficient (Wildman–Crippen LogP) is 6.50. The van der Waals surface area contributed by atoms with E-state index in [1.165, 1.54) is 0 Å². The first-order valence-electron chi connectivity index (χ1n) is 11.0. The number of hydrogen-bond donors (Lipinski definition) is 1. The smallest absolute Gasteiger partial charge is 0.108 e. The molecule has 3 aliphatic rings. The molecule has 0 aromatic heterocycles. The van der Waals surface area contributed by atoms with E-state index in [1.54, 1.807) is 0 Å². The first-order chi connectivity index (χ1) is 13.6. The zero-order valence-electron chi connectivity index (χ0n) is 18.0. The molecule has 29 heavy (non-hydrogen) atoms. The summed E-state index contributed by atoms with van der Waals surface area (Å²) in [6, 6.07) is 20.5. The van der Waals surface area contributed by atoms with Gasteiger partial charge in [0.15, 0.2) is 0 Å². The number of benzene rings is 2. The van der Waals surface area contributed by atoms with Gasteiger partial charge in [0.05, 0.1) is 11.3 Å². The number of aliphatic hydroxyl groups is 1. The topological polar surface area (TPSA) is 37.3 Å². The molecule has 7 atom stereocenters. The molecule has 1 aliphatic heterocycles. The third-order valence-corrected chi connectivity index (χ3v) is 13.8. The summed E-state index contributed by atoms with van der Waals surface area (Å²) in [4.78, 5) is 0. The summed E-state index contributed by atoms with van der Waals surface area (Å²) >= 11 is 0. The second-order valence-corrected chi connectivity index (χ2v) is 14.3. The van der Waals surface area contributed by atoms with Crippen LogP contribution >= 0.6 is 7.14 Å². The highest BCUT2D eigenvalue weighted by atomic mass is 31.2. The minimum atomic E-state index is -2.81. The molecular formula is C26H33O2P. The van der Waals surface area contributed by atoms with E-state index in [2.05, 4.69) is 45.0 Å². The van der Waals surface area contributed by atoms with E-state index >= 15 is 4.57 Å². The fraction of sp³-hybridized carbons (Fsp3) is 0.538. The van der Waals surface area contributed by atoms with Crippen molar-refractivity contribution in [2.75, 3.05) is 0 Å². The van der Waals surface area contributed by atoms with Crippen molar-refractivity contribution >= 4 is 7.14 Å². The van der Waals surface area contributed by atoms with Crippen LogP contribution in [-0.2, 0) is 10.7 Å². The molecule has 1 heterocycles. The Balaban J connectivity index is 1.68.